The largest absolute Gasteiger partial charge is 0.468 e. The maximum atomic E-state index is 12.7. The standard InChI is InChI=1S/C24H22N2O5.C17H19NO5.C13H10O4.C8H7NO.C3H7NO2.ClH/c1-2-30-23(28)19-10-8-18(9-11-19)21-13-12-20(31-21)15-25-16-22(27)26(24(25)29)14-17-6-4-3-5-7-17;1-3-22-17(20)13-6-4-12(5-7-13)15-9-8-14(23-15)10-18-11-16(19)21-2;1-16-13(15)10-4-2-9(3-5-10)12-7-6-11(8-14)17-12;10-7-9-6-8-4-2-1-3-5-8;1-6-3(5)2-4;/h3-13H,2,14-16H2,1H3;4-9,18H,3,10-11H2,1-2H3;2-8H,1H3;1-5H,6H2;2,4H2,1H3;1H. The van der Waals surface area contributed by atoms with Gasteiger partial charge in [0.15, 0.2) is 12.0 Å². The molecule has 460 valence electrons. The first-order valence-electron chi connectivity index (χ1n) is 26.9. The van der Waals surface area contributed by atoms with Gasteiger partial charge in [-0.2, -0.15) is 0 Å². The Labute approximate surface area is 513 Å². The summed E-state index contributed by atoms with van der Waals surface area (Å²) >= 11 is 0. The molecule has 22 nitrogen and oxygen atoms in total. The highest BCUT2D eigenvalue weighted by atomic mass is 35.5. The van der Waals surface area contributed by atoms with Crippen LogP contribution in [0.15, 0.2) is 188 Å². The number of furan rings is 3. The van der Waals surface area contributed by atoms with E-state index in [0.29, 0.717) is 78.1 Å². The number of carbonyl (C=O) groups excluding carboxylic acids is 9. The van der Waals surface area contributed by atoms with E-state index in [0.717, 1.165) is 27.8 Å². The summed E-state index contributed by atoms with van der Waals surface area (Å²) in [5.74, 6) is 1.42. The molecule has 88 heavy (non-hydrogen) atoms. The molecule has 1 saturated heterocycles. The highest BCUT2D eigenvalue weighted by molar-refractivity contribution is 6.02. The predicted octanol–water partition coefficient (Wildman–Crippen LogP) is 10.1. The van der Waals surface area contributed by atoms with Crippen LogP contribution in [0.25, 0.3) is 34.0 Å². The third-order valence-electron chi connectivity index (χ3n) is 12.0. The van der Waals surface area contributed by atoms with Crippen molar-refractivity contribution in [2.24, 2.45) is 10.7 Å². The molecular formula is C65H66ClN5O17. The molecule has 0 saturated carbocycles. The number of rotatable bonds is 20. The van der Waals surface area contributed by atoms with Gasteiger partial charge in [-0.15, -0.1) is 12.4 Å². The molecule has 3 N–H and O–H groups in total. The molecule has 1 fully saturated rings. The first kappa shape index (κ1) is 70.0. The van der Waals surface area contributed by atoms with Gasteiger partial charge in [0, 0.05) is 16.7 Å². The van der Waals surface area contributed by atoms with Crippen LogP contribution < -0.4 is 11.1 Å². The molecule has 0 bridgehead atoms. The van der Waals surface area contributed by atoms with E-state index in [2.05, 4.69) is 24.5 Å². The second-order valence-electron chi connectivity index (χ2n) is 18.0. The van der Waals surface area contributed by atoms with Crippen molar-refractivity contribution < 1.29 is 80.1 Å². The van der Waals surface area contributed by atoms with Gasteiger partial charge in [-0.05, 0) is 97.8 Å². The van der Waals surface area contributed by atoms with E-state index in [4.69, 9.17) is 28.5 Å². The molecular weight excluding hydrogens is 1160 g/mol. The molecule has 23 heteroatoms. The van der Waals surface area contributed by atoms with Crippen molar-refractivity contribution in [3.8, 4) is 34.0 Å². The number of isocyanates is 1. The fraction of sp³-hybridized carbons (Fsp3) is 0.215. The number of hydrogen-bond donors (Lipinski definition) is 2. The zero-order valence-corrected chi connectivity index (χ0v) is 49.7. The van der Waals surface area contributed by atoms with Crippen molar-refractivity contribution in [3.05, 3.63) is 215 Å². The number of esters is 5. The van der Waals surface area contributed by atoms with Crippen LogP contribution in [0.1, 0.15) is 78.1 Å². The van der Waals surface area contributed by atoms with Crippen molar-refractivity contribution in [2.75, 3.05) is 54.2 Å². The quantitative estimate of drug-likeness (QED) is 0.0179. The molecule has 0 unspecified atom stereocenters. The number of carbonyl (C=O) groups is 8. The van der Waals surface area contributed by atoms with Gasteiger partial charge < -0.3 is 47.6 Å². The Morgan fingerprint density at radius 2 is 1.05 bits per heavy atom. The number of ether oxygens (including phenoxy) is 5. The third-order valence-corrected chi connectivity index (χ3v) is 12.0. The second kappa shape index (κ2) is 37.7. The molecule has 3 amide bonds. The molecule has 3 aromatic heterocycles. The minimum atomic E-state index is -0.385. The van der Waals surface area contributed by atoms with Gasteiger partial charge in [0.2, 0.25) is 6.08 Å². The Morgan fingerprint density at radius 3 is 1.49 bits per heavy atom. The van der Waals surface area contributed by atoms with E-state index < -0.39 is 0 Å². The Morgan fingerprint density at radius 1 is 0.580 bits per heavy atom. The molecule has 1 aliphatic rings. The third kappa shape index (κ3) is 22.5. The van der Waals surface area contributed by atoms with Crippen molar-refractivity contribution in [3.63, 3.8) is 0 Å². The van der Waals surface area contributed by atoms with Crippen LogP contribution in [0.4, 0.5) is 4.79 Å². The Bertz CT molecular complexity index is 3540. The summed E-state index contributed by atoms with van der Waals surface area (Å²) in [5, 5.41) is 2.93. The predicted molar refractivity (Wildman–Crippen MR) is 324 cm³/mol. The van der Waals surface area contributed by atoms with Crippen molar-refractivity contribution in [2.45, 2.75) is 40.0 Å². The van der Waals surface area contributed by atoms with E-state index in [-0.39, 0.29) is 92.7 Å². The number of nitrogens with one attached hydrogen (secondary N) is 1. The molecule has 0 aliphatic carbocycles. The van der Waals surface area contributed by atoms with Crippen LogP contribution in [-0.4, -0.2) is 118 Å². The smallest absolute Gasteiger partial charge is 0.338 e. The average molecular weight is 1220 g/mol. The molecule has 0 spiro atoms. The zero-order valence-electron chi connectivity index (χ0n) is 48.9. The van der Waals surface area contributed by atoms with Crippen LogP contribution in [0.3, 0.4) is 0 Å². The van der Waals surface area contributed by atoms with Gasteiger partial charge in [0.05, 0.1) is 90.5 Å². The van der Waals surface area contributed by atoms with E-state index in [9.17, 15) is 43.2 Å². The van der Waals surface area contributed by atoms with Crippen molar-refractivity contribution in [1.29, 1.82) is 0 Å². The van der Waals surface area contributed by atoms with Gasteiger partial charge in [-0.1, -0.05) is 97.1 Å². The molecule has 8 aromatic rings. The summed E-state index contributed by atoms with van der Waals surface area (Å²) < 4.78 is 40.0. The normalized spacial score (nSPS) is 10.9. The van der Waals surface area contributed by atoms with Gasteiger partial charge in [0.25, 0.3) is 5.91 Å². The van der Waals surface area contributed by atoms with Crippen LogP contribution in [0.5, 0.6) is 0 Å². The summed E-state index contributed by atoms with van der Waals surface area (Å²) in [5.41, 5.74) is 10.6. The van der Waals surface area contributed by atoms with Crippen molar-refractivity contribution in [1.82, 2.24) is 15.1 Å². The molecule has 0 radical (unpaired) electrons. The maximum Gasteiger partial charge on any atom is 0.338 e. The minimum Gasteiger partial charge on any atom is -0.468 e. The first-order chi connectivity index (χ1) is 42.2. The van der Waals surface area contributed by atoms with Gasteiger partial charge >= 0.3 is 35.9 Å². The van der Waals surface area contributed by atoms with Gasteiger partial charge in [-0.25, -0.2) is 29.0 Å². The number of methoxy groups -OCH3 is 3. The molecule has 1 aliphatic heterocycles. The lowest BCUT2D eigenvalue weighted by Gasteiger charge is -2.16. The van der Waals surface area contributed by atoms with E-state index in [1.54, 1.807) is 111 Å². The fourth-order valence-electron chi connectivity index (χ4n) is 7.65. The van der Waals surface area contributed by atoms with Crippen LogP contribution in [-0.2, 0) is 69.0 Å². The summed E-state index contributed by atoms with van der Waals surface area (Å²) in [7, 11) is 3.98. The van der Waals surface area contributed by atoms with Crippen LogP contribution >= 0.6 is 12.4 Å². The zero-order chi connectivity index (χ0) is 62.9. The maximum absolute atomic E-state index is 12.7. The van der Waals surface area contributed by atoms with Crippen LogP contribution in [0.2, 0.25) is 0 Å². The molecule has 9 rings (SSSR count). The van der Waals surface area contributed by atoms with E-state index in [1.807, 2.05) is 72.8 Å². The molecule has 0 atom stereocenters. The number of amides is 3. The van der Waals surface area contributed by atoms with E-state index >= 15 is 0 Å². The number of aldehydes is 1. The number of urea groups is 1. The van der Waals surface area contributed by atoms with E-state index in [1.165, 1.54) is 37.2 Å². The van der Waals surface area contributed by atoms with Gasteiger partial charge in [0.1, 0.15) is 35.3 Å². The monoisotopic (exact) mass is 1220 g/mol. The number of nitrogens with two attached hydrogens (primary N) is 1. The van der Waals surface area contributed by atoms with Crippen LogP contribution in [0, 0.1) is 0 Å². The summed E-state index contributed by atoms with van der Waals surface area (Å²) in [6.07, 6.45) is 2.14. The Balaban J connectivity index is 0.000000256. The lowest BCUT2D eigenvalue weighted by molar-refractivity contribution is -0.140. The van der Waals surface area contributed by atoms with Crippen molar-refractivity contribution >= 4 is 66.6 Å². The SMILES string of the molecule is CCOC(=O)c1ccc(-c2ccc(CN3CC(=O)N(Cc4ccccc4)C3=O)o2)cc1.CCOC(=O)c1ccc(-c2ccc(CNCC(=O)OC)o2)cc1.COC(=O)CN.COC(=O)c1ccc(-c2ccc(C=O)o2)cc1.Cl.O=C=NCc1ccccc1. The minimum absolute atomic E-state index is 0. The number of hydrogen-bond acceptors (Lipinski definition) is 20. The van der Waals surface area contributed by atoms with Gasteiger partial charge in [-0.3, -0.25) is 29.4 Å². The Hall–Kier alpha value is -10.5. The summed E-state index contributed by atoms with van der Waals surface area (Å²) in [6.45, 7) is 5.64. The highest BCUT2D eigenvalue weighted by Gasteiger charge is 2.36. The lowest BCUT2D eigenvalue weighted by Crippen LogP contribution is -2.32. The Kier molecular flexibility index (Phi) is 30.0. The highest BCUT2D eigenvalue weighted by Crippen LogP contribution is 2.27. The number of nitrogens with zero attached hydrogens (tertiary/aromatic N) is 3. The number of benzene rings is 5. The summed E-state index contributed by atoms with van der Waals surface area (Å²) in [4.78, 5) is 107. The first-order valence-corrected chi connectivity index (χ1v) is 26.9. The molecule has 4 heterocycles. The summed E-state index contributed by atoms with van der Waals surface area (Å²) in [6, 6.07) is 49.9. The number of aliphatic imine (C=N–C) groups is 1. The topological polar surface area (TPSA) is 296 Å². The average Bonchev–Trinajstić information content (AvgIpc) is 3.95. The molecule has 5 aromatic carbocycles. The number of imide groups is 1. The lowest BCUT2D eigenvalue weighted by atomic mass is 10.1. The number of halogens is 1. The fourth-order valence-corrected chi connectivity index (χ4v) is 7.65. The second-order valence-corrected chi connectivity index (χ2v) is 18.0.